The predicted molar refractivity (Wildman–Crippen MR) is 40.9 cm³/mol. The van der Waals surface area contributed by atoms with Gasteiger partial charge in [0, 0.05) is 13.2 Å². The van der Waals surface area contributed by atoms with Crippen molar-refractivity contribution in [3.8, 4) is 0 Å². The Morgan fingerprint density at radius 2 is 1.78 bits per heavy atom. The van der Waals surface area contributed by atoms with Crippen LogP contribution in [0.4, 0.5) is 0 Å². The molecule has 0 bridgehead atoms. The van der Waals surface area contributed by atoms with Gasteiger partial charge in [0.2, 0.25) is 0 Å². The zero-order chi connectivity index (χ0) is 6.95. The second kappa shape index (κ2) is 8.56. The fourth-order valence-corrected chi connectivity index (χ4v) is 0.510. The second-order valence-corrected chi connectivity index (χ2v) is 2.32. The summed E-state index contributed by atoms with van der Waals surface area (Å²) in [6, 6.07) is 0. The van der Waals surface area contributed by atoms with E-state index in [1.54, 1.807) is 0 Å². The molecule has 0 aromatic carbocycles. The van der Waals surface area contributed by atoms with Crippen molar-refractivity contribution < 1.29 is 4.74 Å². The van der Waals surface area contributed by atoms with Crippen molar-refractivity contribution in [1.82, 2.24) is 0 Å². The quantitative estimate of drug-likeness (QED) is 0.482. The Morgan fingerprint density at radius 3 is 1.89 bits per heavy atom. The Balaban J connectivity index is 0.000000148. The first kappa shape index (κ1) is 9.56. The van der Waals surface area contributed by atoms with Gasteiger partial charge in [-0.05, 0) is 12.8 Å². The summed E-state index contributed by atoms with van der Waals surface area (Å²) in [5.74, 6) is 0. The zero-order valence-corrected chi connectivity index (χ0v) is 6.65. The van der Waals surface area contributed by atoms with Gasteiger partial charge < -0.3 is 4.74 Å². The van der Waals surface area contributed by atoms with Crippen LogP contribution in [0.15, 0.2) is 0 Å². The van der Waals surface area contributed by atoms with Crippen molar-refractivity contribution >= 4 is 17.7 Å². The van der Waals surface area contributed by atoms with Crippen molar-refractivity contribution in [1.29, 1.82) is 0 Å². The topological polar surface area (TPSA) is 9.23 Å². The van der Waals surface area contributed by atoms with Gasteiger partial charge in [0.15, 0.2) is 0 Å². The molecule has 1 saturated heterocycles. The van der Waals surface area contributed by atoms with Gasteiger partial charge >= 0.3 is 36.2 Å². The van der Waals surface area contributed by atoms with Crippen LogP contribution >= 0.6 is 0 Å². The van der Waals surface area contributed by atoms with Gasteiger partial charge in [-0.3, -0.25) is 0 Å². The Bertz CT molecular complexity index is 34.6. The summed E-state index contributed by atoms with van der Waals surface area (Å²) in [5.41, 5.74) is 0. The molecule has 1 nitrogen and oxygen atoms in total. The first-order chi connectivity index (χ1) is 4.41. The van der Waals surface area contributed by atoms with Crippen LogP contribution < -0.4 is 0 Å². The fraction of sp³-hybridized carbons (Fsp3) is 1.00. The molecule has 0 saturated carbocycles. The van der Waals surface area contributed by atoms with Crippen molar-refractivity contribution in [2.75, 3.05) is 13.2 Å². The number of ether oxygens (including phenoxy) is 1. The normalized spacial score (nSPS) is 16.8. The van der Waals surface area contributed by atoms with Gasteiger partial charge in [0.05, 0.1) is 0 Å². The van der Waals surface area contributed by atoms with Gasteiger partial charge in [0.25, 0.3) is 0 Å². The SMILES string of the molecule is C1CCOC1.[Li][CH2]CC. The average molecular weight is 122 g/mol. The molecule has 1 fully saturated rings. The molecule has 0 amide bonds. The van der Waals surface area contributed by atoms with Crippen LogP contribution in [0.2, 0.25) is 5.09 Å². The first-order valence-corrected chi connectivity index (χ1v) is 3.99. The van der Waals surface area contributed by atoms with Crippen molar-refractivity contribution in [3.05, 3.63) is 0 Å². The van der Waals surface area contributed by atoms with Crippen molar-refractivity contribution in [3.63, 3.8) is 0 Å². The summed E-state index contributed by atoms with van der Waals surface area (Å²) in [5, 5.41) is 1.32. The Hall–Kier alpha value is 0.557. The van der Waals surface area contributed by atoms with Crippen LogP contribution in [0.5, 0.6) is 0 Å². The molecule has 1 rings (SSSR count). The third-order valence-corrected chi connectivity index (χ3v) is 1.33. The third kappa shape index (κ3) is 8.56. The Labute approximate surface area is 67.4 Å². The second-order valence-electron chi connectivity index (χ2n) is 2.32. The molecule has 0 aromatic rings. The maximum atomic E-state index is 4.94. The van der Waals surface area contributed by atoms with E-state index in [1.807, 2.05) is 0 Å². The third-order valence-electron chi connectivity index (χ3n) is 1.33. The summed E-state index contributed by atoms with van der Waals surface area (Å²) >= 11 is 2.18. The van der Waals surface area contributed by atoms with Gasteiger partial charge in [-0.15, -0.1) is 0 Å². The molecule has 9 heavy (non-hydrogen) atoms. The molecule has 1 aliphatic rings. The fourth-order valence-electron chi connectivity index (χ4n) is 0.510. The van der Waals surface area contributed by atoms with E-state index in [0.29, 0.717) is 0 Å². The van der Waals surface area contributed by atoms with E-state index in [-0.39, 0.29) is 0 Å². The molecule has 0 atom stereocenters. The van der Waals surface area contributed by atoms with Gasteiger partial charge in [0.1, 0.15) is 0 Å². The summed E-state index contributed by atoms with van der Waals surface area (Å²) in [6.45, 7) is 4.18. The number of hydrogen-bond acceptors (Lipinski definition) is 1. The summed E-state index contributed by atoms with van der Waals surface area (Å²) in [6.07, 6.45) is 3.88. The molecule has 0 spiro atoms. The molecule has 50 valence electrons. The summed E-state index contributed by atoms with van der Waals surface area (Å²) in [7, 11) is 0. The number of rotatable bonds is 1. The minimum absolute atomic E-state index is 1.00. The molecule has 0 N–H and O–H groups in total. The van der Waals surface area contributed by atoms with Gasteiger partial charge in [-0.25, -0.2) is 0 Å². The zero-order valence-electron chi connectivity index (χ0n) is 6.65. The van der Waals surface area contributed by atoms with E-state index in [0.717, 1.165) is 13.2 Å². The summed E-state index contributed by atoms with van der Waals surface area (Å²) in [4.78, 5) is 0. The molecule has 0 unspecified atom stereocenters. The molecule has 1 aliphatic heterocycles. The molecular weight excluding hydrogens is 107 g/mol. The minimum atomic E-state index is 1.00. The van der Waals surface area contributed by atoms with Crippen molar-refractivity contribution in [2.45, 2.75) is 31.3 Å². The Kier molecular flexibility index (Phi) is 9.09. The van der Waals surface area contributed by atoms with Gasteiger partial charge in [-0.2, -0.15) is 0 Å². The van der Waals surface area contributed by atoms with E-state index >= 15 is 0 Å². The van der Waals surface area contributed by atoms with Gasteiger partial charge in [-0.1, -0.05) is 0 Å². The number of hydrogen-bond donors (Lipinski definition) is 0. The van der Waals surface area contributed by atoms with Crippen LogP contribution in [0.25, 0.3) is 0 Å². The average Bonchev–Trinajstić information content (AvgIpc) is 2.43. The van der Waals surface area contributed by atoms with Crippen LogP contribution in [0.3, 0.4) is 0 Å². The van der Waals surface area contributed by atoms with E-state index in [9.17, 15) is 0 Å². The molecule has 0 aromatic heterocycles. The first-order valence-electron chi connectivity index (χ1n) is 3.99. The van der Waals surface area contributed by atoms with E-state index in [1.165, 1.54) is 24.4 Å². The molecular formula is C7H15LiO. The van der Waals surface area contributed by atoms with Crippen LogP contribution in [0.1, 0.15) is 26.2 Å². The summed E-state index contributed by atoms with van der Waals surface area (Å²) < 4.78 is 4.94. The molecule has 0 aliphatic carbocycles. The monoisotopic (exact) mass is 122 g/mol. The van der Waals surface area contributed by atoms with E-state index in [2.05, 4.69) is 24.6 Å². The molecule has 0 radical (unpaired) electrons. The van der Waals surface area contributed by atoms with Crippen LogP contribution in [0, 0.1) is 0 Å². The van der Waals surface area contributed by atoms with E-state index < -0.39 is 0 Å². The Morgan fingerprint density at radius 1 is 1.33 bits per heavy atom. The van der Waals surface area contributed by atoms with Crippen LogP contribution in [-0.4, -0.2) is 30.9 Å². The van der Waals surface area contributed by atoms with Crippen molar-refractivity contribution in [2.24, 2.45) is 0 Å². The van der Waals surface area contributed by atoms with E-state index in [4.69, 9.17) is 4.74 Å². The molecule has 1 heterocycles. The van der Waals surface area contributed by atoms with Crippen LogP contribution in [-0.2, 0) is 4.74 Å². The standard InChI is InChI=1S/C4H8O.C3H7.Li/c1-2-4-5-3-1;1-3-2;/h1-4H2;1,3H2,2H3;. The predicted octanol–water partition coefficient (Wildman–Crippen LogP) is 1.78. The molecule has 2 heteroatoms. The maximum absolute atomic E-state index is 4.94.